The van der Waals surface area contributed by atoms with Crippen molar-refractivity contribution in [3.63, 3.8) is 0 Å². The highest BCUT2D eigenvalue weighted by Crippen LogP contribution is 2.43. The van der Waals surface area contributed by atoms with Gasteiger partial charge in [0.1, 0.15) is 6.04 Å². The quantitative estimate of drug-likeness (QED) is 0.854. The van der Waals surface area contributed by atoms with Crippen molar-refractivity contribution < 1.29 is 9.90 Å². The standard InChI is InChI=1S/C19H20N2O2S/c1-12-4-8-14(9-5-12)16-17(15-10-6-13(2)7-11-15)21(19(22)23)18(20-16)24-3/h4-11,16-17H,1-3H3,(H,22,23)/t16-,17+/m1/s1. The topological polar surface area (TPSA) is 52.9 Å². The van der Waals surface area contributed by atoms with Crippen molar-refractivity contribution in [3.8, 4) is 0 Å². The molecule has 0 aliphatic carbocycles. The summed E-state index contributed by atoms with van der Waals surface area (Å²) in [5.41, 5.74) is 4.31. The van der Waals surface area contributed by atoms with Crippen LogP contribution >= 0.6 is 11.8 Å². The molecule has 2 aromatic carbocycles. The van der Waals surface area contributed by atoms with Crippen LogP contribution < -0.4 is 0 Å². The molecule has 0 unspecified atom stereocenters. The van der Waals surface area contributed by atoms with Crippen LogP contribution in [0.4, 0.5) is 4.79 Å². The number of nitrogens with zero attached hydrogens (tertiary/aromatic N) is 2. The van der Waals surface area contributed by atoms with Crippen LogP contribution in [0.5, 0.6) is 0 Å². The van der Waals surface area contributed by atoms with Crippen molar-refractivity contribution >= 4 is 23.0 Å². The Morgan fingerprint density at radius 1 is 1.00 bits per heavy atom. The number of aliphatic imine (C=N–C) groups is 1. The zero-order valence-corrected chi connectivity index (χ0v) is 14.7. The minimum Gasteiger partial charge on any atom is -0.465 e. The fraction of sp³-hybridized carbons (Fsp3) is 0.263. The van der Waals surface area contributed by atoms with E-state index in [4.69, 9.17) is 4.99 Å². The second-order valence-corrected chi connectivity index (χ2v) is 6.75. The van der Waals surface area contributed by atoms with Gasteiger partial charge in [-0.25, -0.2) is 9.69 Å². The zero-order valence-electron chi connectivity index (χ0n) is 13.9. The molecule has 1 heterocycles. The molecule has 1 amide bonds. The maximum absolute atomic E-state index is 11.9. The van der Waals surface area contributed by atoms with Crippen LogP contribution in [0.25, 0.3) is 0 Å². The Morgan fingerprint density at radius 2 is 1.50 bits per heavy atom. The van der Waals surface area contributed by atoms with Gasteiger partial charge in [-0.05, 0) is 31.2 Å². The molecule has 0 saturated carbocycles. The van der Waals surface area contributed by atoms with Crippen LogP contribution in [0.15, 0.2) is 53.5 Å². The van der Waals surface area contributed by atoms with Gasteiger partial charge in [-0.2, -0.15) is 0 Å². The summed E-state index contributed by atoms with van der Waals surface area (Å²) in [6.07, 6.45) is 0.890. The maximum atomic E-state index is 11.9. The molecular weight excluding hydrogens is 320 g/mol. The number of carbonyl (C=O) groups is 1. The number of amides is 1. The molecule has 0 fully saturated rings. The van der Waals surface area contributed by atoms with E-state index in [9.17, 15) is 9.90 Å². The summed E-state index contributed by atoms with van der Waals surface area (Å²) in [4.78, 5) is 18.0. The first-order valence-corrected chi connectivity index (χ1v) is 9.01. The number of hydrogen-bond donors (Lipinski definition) is 1. The molecule has 0 saturated heterocycles. The smallest absolute Gasteiger partial charge is 0.414 e. The van der Waals surface area contributed by atoms with Crippen molar-refractivity contribution in [2.45, 2.75) is 25.9 Å². The number of aryl methyl sites for hydroxylation is 2. The van der Waals surface area contributed by atoms with E-state index in [2.05, 4.69) is 0 Å². The minimum atomic E-state index is -0.969. The summed E-state index contributed by atoms with van der Waals surface area (Å²) in [6, 6.07) is 15.6. The fourth-order valence-electron chi connectivity index (χ4n) is 2.98. The second-order valence-electron chi connectivity index (χ2n) is 5.98. The van der Waals surface area contributed by atoms with Crippen molar-refractivity contribution in [3.05, 3.63) is 70.8 Å². The van der Waals surface area contributed by atoms with Crippen molar-refractivity contribution in [2.75, 3.05) is 6.26 Å². The molecule has 1 N–H and O–H groups in total. The Hall–Kier alpha value is -2.27. The van der Waals surface area contributed by atoms with Gasteiger partial charge >= 0.3 is 6.09 Å². The Labute approximate surface area is 146 Å². The van der Waals surface area contributed by atoms with E-state index in [0.717, 1.165) is 16.7 Å². The summed E-state index contributed by atoms with van der Waals surface area (Å²) in [6.45, 7) is 4.06. The van der Waals surface area contributed by atoms with E-state index in [0.29, 0.717) is 5.17 Å². The average molecular weight is 340 g/mol. The van der Waals surface area contributed by atoms with E-state index in [-0.39, 0.29) is 12.1 Å². The van der Waals surface area contributed by atoms with Gasteiger partial charge in [0, 0.05) is 0 Å². The third-order valence-electron chi connectivity index (χ3n) is 4.26. The second kappa shape index (κ2) is 6.69. The summed E-state index contributed by atoms with van der Waals surface area (Å²) in [7, 11) is 0. The van der Waals surface area contributed by atoms with Gasteiger partial charge in [-0.3, -0.25) is 4.99 Å². The molecule has 5 heteroatoms. The van der Waals surface area contributed by atoms with Crippen molar-refractivity contribution in [1.82, 2.24) is 4.90 Å². The van der Waals surface area contributed by atoms with E-state index in [1.165, 1.54) is 22.2 Å². The average Bonchev–Trinajstić information content (AvgIpc) is 2.96. The van der Waals surface area contributed by atoms with Crippen LogP contribution in [0, 0.1) is 13.8 Å². The molecule has 0 aromatic heterocycles. The van der Waals surface area contributed by atoms with Crippen molar-refractivity contribution in [1.29, 1.82) is 0 Å². The summed E-state index contributed by atoms with van der Waals surface area (Å²) >= 11 is 1.37. The molecule has 24 heavy (non-hydrogen) atoms. The largest absolute Gasteiger partial charge is 0.465 e. The molecule has 1 aliphatic rings. The Balaban J connectivity index is 2.09. The van der Waals surface area contributed by atoms with Gasteiger partial charge in [0.2, 0.25) is 0 Å². The fourth-order valence-corrected chi connectivity index (χ4v) is 3.59. The molecule has 2 aromatic rings. The number of amidine groups is 1. The molecule has 4 nitrogen and oxygen atoms in total. The molecule has 0 bridgehead atoms. The molecule has 3 rings (SSSR count). The van der Waals surface area contributed by atoms with Crippen LogP contribution in [0.1, 0.15) is 34.3 Å². The normalized spacial score (nSPS) is 20.1. The third-order valence-corrected chi connectivity index (χ3v) is 4.93. The lowest BCUT2D eigenvalue weighted by molar-refractivity contribution is 0.157. The zero-order chi connectivity index (χ0) is 17.3. The highest BCUT2D eigenvalue weighted by atomic mass is 32.2. The first-order chi connectivity index (χ1) is 11.5. The van der Waals surface area contributed by atoms with Gasteiger partial charge in [0.15, 0.2) is 5.17 Å². The van der Waals surface area contributed by atoms with Crippen LogP contribution in [0.2, 0.25) is 0 Å². The van der Waals surface area contributed by atoms with Gasteiger partial charge in [-0.15, -0.1) is 0 Å². The number of thioether (sulfide) groups is 1. The van der Waals surface area contributed by atoms with E-state index >= 15 is 0 Å². The first kappa shape index (κ1) is 16.6. The van der Waals surface area contributed by atoms with Crippen LogP contribution in [-0.4, -0.2) is 27.5 Å². The predicted molar refractivity (Wildman–Crippen MR) is 98.7 cm³/mol. The van der Waals surface area contributed by atoms with Gasteiger partial charge < -0.3 is 5.11 Å². The number of rotatable bonds is 2. The minimum absolute atomic E-state index is 0.230. The van der Waals surface area contributed by atoms with E-state index in [1.54, 1.807) is 0 Å². The molecule has 2 atom stereocenters. The first-order valence-electron chi connectivity index (χ1n) is 7.78. The Morgan fingerprint density at radius 3 is 1.96 bits per heavy atom. The number of carboxylic acid groups (broad SMARTS) is 1. The summed E-state index contributed by atoms with van der Waals surface area (Å²) in [5, 5.41) is 10.3. The maximum Gasteiger partial charge on any atom is 0.414 e. The van der Waals surface area contributed by atoms with Crippen LogP contribution in [0.3, 0.4) is 0 Å². The van der Waals surface area contributed by atoms with Gasteiger partial charge in [0.05, 0.1) is 6.04 Å². The highest BCUT2D eigenvalue weighted by molar-refractivity contribution is 8.13. The third kappa shape index (κ3) is 3.04. The molecular formula is C19H20N2O2S. The molecule has 0 radical (unpaired) electrons. The number of hydrogen-bond acceptors (Lipinski definition) is 3. The number of benzene rings is 2. The lowest BCUT2D eigenvalue weighted by atomic mass is 9.93. The predicted octanol–water partition coefficient (Wildman–Crippen LogP) is 4.80. The lowest BCUT2D eigenvalue weighted by Crippen LogP contribution is -2.34. The Bertz CT molecular complexity index is 769. The highest BCUT2D eigenvalue weighted by Gasteiger charge is 2.41. The monoisotopic (exact) mass is 340 g/mol. The van der Waals surface area contributed by atoms with Crippen molar-refractivity contribution in [2.24, 2.45) is 4.99 Å². The Kier molecular flexibility index (Phi) is 4.62. The lowest BCUT2D eigenvalue weighted by Gasteiger charge is -2.26. The van der Waals surface area contributed by atoms with E-state index in [1.807, 2.05) is 68.6 Å². The van der Waals surface area contributed by atoms with Gasteiger partial charge in [0.25, 0.3) is 0 Å². The van der Waals surface area contributed by atoms with E-state index < -0.39 is 6.09 Å². The molecule has 0 spiro atoms. The SMILES string of the molecule is CSC1=N[C@H](c2ccc(C)cc2)[C@H](c2ccc(C)cc2)N1C(=O)O. The van der Waals surface area contributed by atoms with Crippen LogP contribution in [-0.2, 0) is 0 Å². The van der Waals surface area contributed by atoms with Gasteiger partial charge in [-0.1, -0.05) is 71.4 Å². The summed E-state index contributed by atoms with van der Waals surface area (Å²) in [5.74, 6) is 0. The molecule has 124 valence electrons. The summed E-state index contributed by atoms with van der Waals surface area (Å²) < 4.78 is 0. The molecule has 1 aliphatic heterocycles.